The fraction of sp³-hybridized carbons (Fsp3) is 0. The Hall–Kier alpha value is -2.23. The first-order valence-corrected chi connectivity index (χ1v) is 8.08. The van der Waals surface area contributed by atoms with Crippen molar-refractivity contribution in [1.82, 2.24) is 9.97 Å². The highest BCUT2D eigenvalue weighted by Crippen LogP contribution is 2.37. The molecule has 2 aromatic heterocycles. The monoisotopic (exact) mass is 322 g/mol. The Kier molecular flexibility index (Phi) is 3.37. The van der Waals surface area contributed by atoms with E-state index in [1.807, 2.05) is 48.5 Å². The summed E-state index contributed by atoms with van der Waals surface area (Å²) in [7, 11) is 0. The summed E-state index contributed by atoms with van der Waals surface area (Å²) in [5, 5.41) is 0.281. The van der Waals surface area contributed by atoms with E-state index in [1.54, 1.807) is 11.3 Å². The summed E-state index contributed by atoms with van der Waals surface area (Å²) in [4.78, 5) is 9.99. The molecule has 0 fully saturated rings. The lowest BCUT2D eigenvalue weighted by Crippen LogP contribution is -1.87. The molecule has 0 atom stereocenters. The molecular formula is C18H11ClN2S. The second-order valence-corrected chi connectivity index (χ2v) is 6.29. The van der Waals surface area contributed by atoms with E-state index >= 15 is 0 Å². The minimum atomic E-state index is 0.281. The van der Waals surface area contributed by atoms with Crippen LogP contribution in [0.4, 0.5) is 0 Å². The highest BCUT2D eigenvalue weighted by molar-refractivity contribution is 7.22. The van der Waals surface area contributed by atoms with E-state index in [0.717, 1.165) is 21.5 Å². The quantitative estimate of drug-likeness (QED) is 0.444. The highest BCUT2D eigenvalue weighted by Gasteiger charge is 2.13. The van der Waals surface area contributed by atoms with Crippen LogP contribution in [0.1, 0.15) is 0 Å². The lowest BCUT2D eigenvalue weighted by Gasteiger charge is -2.02. The van der Waals surface area contributed by atoms with Gasteiger partial charge >= 0.3 is 0 Å². The number of benzene rings is 2. The molecule has 0 unspecified atom stereocenters. The molecular weight excluding hydrogens is 312 g/mol. The molecule has 4 rings (SSSR count). The molecule has 0 N–H and O–H groups in total. The first kappa shape index (κ1) is 13.4. The van der Waals surface area contributed by atoms with Crippen LogP contribution in [0.2, 0.25) is 5.28 Å². The molecule has 2 nitrogen and oxygen atoms in total. The normalized spacial score (nSPS) is 11.0. The van der Waals surface area contributed by atoms with Crippen molar-refractivity contribution in [1.29, 1.82) is 0 Å². The largest absolute Gasteiger partial charge is 0.223 e. The zero-order chi connectivity index (χ0) is 14.9. The molecule has 0 aliphatic heterocycles. The van der Waals surface area contributed by atoms with Crippen LogP contribution in [0.25, 0.3) is 31.9 Å². The summed E-state index contributed by atoms with van der Waals surface area (Å²) in [6.07, 6.45) is 0. The fourth-order valence-corrected chi connectivity index (χ4v) is 3.73. The smallest absolute Gasteiger partial charge is 0.217 e. The Morgan fingerprint density at radius 1 is 0.773 bits per heavy atom. The van der Waals surface area contributed by atoms with Crippen LogP contribution in [-0.4, -0.2) is 9.97 Å². The molecule has 0 aliphatic carbocycles. The summed E-state index contributed by atoms with van der Waals surface area (Å²) < 4.78 is 1.06. The predicted octanol–water partition coefficient (Wildman–Crippen LogP) is 5.68. The standard InChI is InChI=1S/C18H11ClN2S/c19-18-20-14-11-15(12-7-3-1-4-8-12)22-17(14)16(21-18)13-9-5-2-6-10-13/h1-11H. The maximum Gasteiger partial charge on any atom is 0.223 e. The van der Waals surface area contributed by atoms with E-state index in [4.69, 9.17) is 11.6 Å². The van der Waals surface area contributed by atoms with Crippen molar-refractivity contribution < 1.29 is 0 Å². The summed E-state index contributed by atoms with van der Waals surface area (Å²) >= 11 is 7.81. The molecule has 106 valence electrons. The fourth-order valence-electron chi connectivity index (χ4n) is 2.44. The number of halogens is 1. The van der Waals surface area contributed by atoms with Gasteiger partial charge in [-0.2, -0.15) is 0 Å². The van der Waals surface area contributed by atoms with Gasteiger partial charge in [0.1, 0.15) is 0 Å². The second kappa shape index (κ2) is 5.52. The van der Waals surface area contributed by atoms with Gasteiger partial charge in [-0.1, -0.05) is 60.7 Å². The van der Waals surface area contributed by atoms with Crippen LogP contribution >= 0.6 is 22.9 Å². The van der Waals surface area contributed by atoms with Crippen molar-refractivity contribution in [3.63, 3.8) is 0 Å². The van der Waals surface area contributed by atoms with Crippen molar-refractivity contribution in [2.24, 2.45) is 0 Å². The predicted molar refractivity (Wildman–Crippen MR) is 93.3 cm³/mol. The van der Waals surface area contributed by atoms with Crippen LogP contribution < -0.4 is 0 Å². The van der Waals surface area contributed by atoms with Gasteiger partial charge in [0.2, 0.25) is 5.28 Å². The van der Waals surface area contributed by atoms with E-state index in [0.29, 0.717) is 0 Å². The number of thiophene rings is 1. The molecule has 0 bridgehead atoms. The number of fused-ring (bicyclic) bond motifs is 1. The van der Waals surface area contributed by atoms with E-state index in [9.17, 15) is 0 Å². The molecule has 2 aromatic carbocycles. The van der Waals surface area contributed by atoms with Gasteiger partial charge in [0, 0.05) is 10.4 Å². The summed E-state index contributed by atoms with van der Waals surface area (Å²) in [6.45, 7) is 0. The van der Waals surface area contributed by atoms with Gasteiger partial charge in [0.05, 0.1) is 15.9 Å². The minimum Gasteiger partial charge on any atom is -0.217 e. The van der Waals surface area contributed by atoms with E-state index in [1.165, 1.54) is 10.4 Å². The lowest BCUT2D eigenvalue weighted by atomic mass is 10.1. The molecule has 0 radical (unpaired) electrons. The van der Waals surface area contributed by atoms with E-state index in [-0.39, 0.29) is 5.28 Å². The van der Waals surface area contributed by atoms with Gasteiger partial charge in [-0.25, -0.2) is 9.97 Å². The third kappa shape index (κ3) is 2.39. The Balaban J connectivity index is 1.97. The van der Waals surface area contributed by atoms with Crippen LogP contribution in [0.3, 0.4) is 0 Å². The first-order valence-electron chi connectivity index (χ1n) is 6.89. The van der Waals surface area contributed by atoms with Gasteiger partial charge in [0.25, 0.3) is 0 Å². The molecule has 0 aliphatic rings. The van der Waals surface area contributed by atoms with Crippen LogP contribution in [0.15, 0.2) is 66.7 Å². The molecule has 0 spiro atoms. The Morgan fingerprint density at radius 3 is 2.09 bits per heavy atom. The molecule has 4 aromatic rings. The molecule has 2 heterocycles. The molecule has 0 saturated carbocycles. The van der Waals surface area contributed by atoms with E-state index in [2.05, 4.69) is 28.2 Å². The third-order valence-electron chi connectivity index (χ3n) is 3.45. The number of hydrogen-bond donors (Lipinski definition) is 0. The number of hydrogen-bond acceptors (Lipinski definition) is 3. The average molecular weight is 323 g/mol. The number of nitrogens with zero attached hydrogens (tertiary/aromatic N) is 2. The zero-order valence-electron chi connectivity index (χ0n) is 11.5. The van der Waals surface area contributed by atoms with Crippen LogP contribution in [-0.2, 0) is 0 Å². The van der Waals surface area contributed by atoms with Crippen LogP contribution in [0.5, 0.6) is 0 Å². The van der Waals surface area contributed by atoms with Crippen molar-refractivity contribution in [2.45, 2.75) is 0 Å². The first-order chi connectivity index (χ1) is 10.8. The molecule has 0 amide bonds. The second-order valence-electron chi connectivity index (χ2n) is 4.90. The van der Waals surface area contributed by atoms with E-state index < -0.39 is 0 Å². The molecule has 22 heavy (non-hydrogen) atoms. The van der Waals surface area contributed by atoms with Gasteiger partial charge in [-0.15, -0.1) is 11.3 Å². The zero-order valence-corrected chi connectivity index (χ0v) is 13.1. The van der Waals surface area contributed by atoms with Gasteiger partial charge in [0.15, 0.2) is 0 Å². The topological polar surface area (TPSA) is 25.8 Å². The molecule has 4 heteroatoms. The Labute approximate surface area is 137 Å². The van der Waals surface area contributed by atoms with Gasteiger partial charge < -0.3 is 0 Å². The Bertz CT molecular complexity index is 933. The van der Waals surface area contributed by atoms with Gasteiger partial charge in [-0.3, -0.25) is 0 Å². The molecule has 0 saturated heterocycles. The van der Waals surface area contributed by atoms with Crippen LogP contribution in [0, 0.1) is 0 Å². The van der Waals surface area contributed by atoms with Crippen molar-refractivity contribution in [2.75, 3.05) is 0 Å². The maximum atomic E-state index is 6.11. The van der Waals surface area contributed by atoms with Gasteiger partial charge in [-0.05, 0) is 23.2 Å². The maximum absolute atomic E-state index is 6.11. The van der Waals surface area contributed by atoms with Crippen molar-refractivity contribution in [3.8, 4) is 21.7 Å². The highest BCUT2D eigenvalue weighted by atomic mass is 35.5. The Morgan fingerprint density at radius 2 is 1.41 bits per heavy atom. The number of aromatic nitrogens is 2. The lowest BCUT2D eigenvalue weighted by molar-refractivity contribution is 1.23. The summed E-state index contributed by atoms with van der Waals surface area (Å²) in [5.74, 6) is 0. The third-order valence-corrected chi connectivity index (χ3v) is 4.80. The van der Waals surface area contributed by atoms with Crippen molar-refractivity contribution in [3.05, 3.63) is 72.0 Å². The SMILES string of the molecule is Clc1nc(-c2ccccc2)c2sc(-c3ccccc3)cc2n1. The average Bonchev–Trinajstić information content (AvgIpc) is 2.99. The number of rotatable bonds is 2. The minimum absolute atomic E-state index is 0.281. The summed E-state index contributed by atoms with van der Waals surface area (Å²) in [5.41, 5.74) is 4.02. The van der Waals surface area contributed by atoms with Crippen molar-refractivity contribution >= 4 is 33.2 Å². The summed E-state index contributed by atoms with van der Waals surface area (Å²) in [6, 6.07) is 22.5.